The second-order valence-corrected chi connectivity index (χ2v) is 8.53. The molecular formula is C26H24FN3O3S. The van der Waals surface area contributed by atoms with Crippen LogP contribution >= 0.6 is 11.8 Å². The van der Waals surface area contributed by atoms with Gasteiger partial charge in [0, 0.05) is 13.1 Å². The first kappa shape index (κ1) is 23.5. The molecule has 4 rings (SSSR count). The average molecular weight is 478 g/mol. The standard InChI is InChI=1S/C26H24FN3O3S/c1-19(32-23-15-9-8-14-22(23)27)25-28-29-26(33-25)34-18-24(31)30(16-20-10-4-2-5-11-20)17-21-12-6-3-7-13-21/h2-15,19H,16-18H2,1H3/t19-/m1/s1. The van der Waals surface area contributed by atoms with Crippen LogP contribution in [-0.4, -0.2) is 26.8 Å². The molecule has 0 unspecified atom stereocenters. The normalized spacial score (nSPS) is 11.7. The van der Waals surface area contributed by atoms with Gasteiger partial charge in [0.25, 0.3) is 11.1 Å². The highest BCUT2D eigenvalue weighted by Gasteiger charge is 2.20. The highest BCUT2D eigenvalue weighted by molar-refractivity contribution is 7.99. The SMILES string of the molecule is C[C@@H](Oc1ccccc1F)c1nnc(SCC(=O)N(Cc2ccccc2)Cc2ccccc2)o1. The van der Waals surface area contributed by atoms with Gasteiger partial charge in [-0.1, -0.05) is 84.6 Å². The van der Waals surface area contributed by atoms with Gasteiger partial charge in [-0.2, -0.15) is 0 Å². The number of carbonyl (C=O) groups is 1. The number of hydrogen-bond acceptors (Lipinski definition) is 6. The van der Waals surface area contributed by atoms with Crippen LogP contribution in [0.15, 0.2) is 94.6 Å². The lowest BCUT2D eigenvalue weighted by Crippen LogP contribution is -2.31. The highest BCUT2D eigenvalue weighted by Crippen LogP contribution is 2.26. The van der Waals surface area contributed by atoms with Crippen molar-refractivity contribution in [3.63, 3.8) is 0 Å². The molecule has 4 aromatic rings. The summed E-state index contributed by atoms with van der Waals surface area (Å²) in [6.45, 7) is 2.69. The molecule has 0 bridgehead atoms. The van der Waals surface area contributed by atoms with E-state index in [0.29, 0.717) is 13.1 Å². The number of aromatic nitrogens is 2. The van der Waals surface area contributed by atoms with Crippen molar-refractivity contribution in [2.75, 3.05) is 5.75 Å². The van der Waals surface area contributed by atoms with Crippen LogP contribution in [0.4, 0.5) is 4.39 Å². The summed E-state index contributed by atoms with van der Waals surface area (Å²) >= 11 is 1.16. The fraction of sp³-hybridized carbons (Fsp3) is 0.192. The number of amides is 1. The van der Waals surface area contributed by atoms with Crippen LogP contribution in [0.2, 0.25) is 0 Å². The lowest BCUT2D eigenvalue weighted by Gasteiger charge is -2.23. The summed E-state index contributed by atoms with van der Waals surface area (Å²) in [5.74, 6) is -0.0538. The summed E-state index contributed by atoms with van der Waals surface area (Å²) in [4.78, 5) is 14.9. The molecule has 0 radical (unpaired) electrons. The third-order valence-corrected chi connectivity index (χ3v) is 5.82. The van der Waals surface area contributed by atoms with Gasteiger partial charge in [-0.3, -0.25) is 4.79 Å². The molecule has 0 saturated carbocycles. The summed E-state index contributed by atoms with van der Waals surface area (Å²) in [7, 11) is 0. The molecule has 0 N–H and O–H groups in total. The van der Waals surface area contributed by atoms with Gasteiger partial charge in [0.05, 0.1) is 5.75 Å². The average Bonchev–Trinajstić information content (AvgIpc) is 3.34. The predicted octanol–water partition coefficient (Wildman–Crippen LogP) is 5.67. The van der Waals surface area contributed by atoms with Gasteiger partial charge in [0.1, 0.15) is 0 Å². The Bertz CT molecular complexity index is 1160. The minimum absolute atomic E-state index is 0.0480. The minimum atomic E-state index is -0.637. The van der Waals surface area contributed by atoms with E-state index in [0.717, 1.165) is 22.9 Å². The van der Waals surface area contributed by atoms with Crippen molar-refractivity contribution in [3.05, 3.63) is 108 Å². The van der Waals surface area contributed by atoms with Crippen LogP contribution in [0.1, 0.15) is 30.0 Å². The van der Waals surface area contributed by atoms with E-state index < -0.39 is 11.9 Å². The van der Waals surface area contributed by atoms with Gasteiger partial charge >= 0.3 is 0 Å². The summed E-state index contributed by atoms with van der Waals surface area (Å²) in [6, 6.07) is 25.9. The third kappa shape index (κ3) is 6.45. The van der Waals surface area contributed by atoms with E-state index in [9.17, 15) is 9.18 Å². The fourth-order valence-electron chi connectivity index (χ4n) is 3.28. The van der Waals surface area contributed by atoms with Crippen molar-refractivity contribution in [3.8, 4) is 5.75 Å². The Morgan fingerprint density at radius 2 is 1.53 bits per heavy atom. The smallest absolute Gasteiger partial charge is 0.277 e. The predicted molar refractivity (Wildman–Crippen MR) is 128 cm³/mol. The Morgan fingerprint density at radius 3 is 2.15 bits per heavy atom. The molecule has 1 heterocycles. The largest absolute Gasteiger partial charge is 0.478 e. The Labute approximate surface area is 201 Å². The maximum absolute atomic E-state index is 13.8. The molecule has 0 aliphatic rings. The topological polar surface area (TPSA) is 68.5 Å². The van der Waals surface area contributed by atoms with Crippen LogP contribution < -0.4 is 4.74 Å². The van der Waals surface area contributed by atoms with E-state index in [-0.39, 0.29) is 28.5 Å². The Hall–Kier alpha value is -3.65. The van der Waals surface area contributed by atoms with E-state index >= 15 is 0 Å². The molecule has 0 aliphatic carbocycles. The molecule has 1 amide bonds. The van der Waals surface area contributed by atoms with E-state index in [4.69, 9.17) is 9.15 Å². The first-order valence-corrected chi connectivity index (χ1v) is 11.8. The molecule has 1 aromatic heterocycles. The first-order valence-electron chi connectivity index (χ1n) is 10.8. The lowest BCUT2D eigenvalue weighted by atomic mass is 10.1. The molecule has 174 valence electrons. The molecule has 0 spiro atoms. The summed E-state index contributed by atoms with van der Waals surface area (Å²) < 4.78 is 25.1. The number of halogens is 1. The van der Waals surface area contributed by atoms with Gasteiger partial charge in [0.2, 0.25) is 5.91 Å². The van der Waals surface area contributed by atoms with Gasteiger partial charge in [-0.15, -0.1) is 10.2 Å². The van der Waals surface area contributed by atoms with Gasteiger partial charge in [0.15, 0.2) is 17.7 Å². The van der Waals surface area contributed by atoms with Gasteiger partial charge in [-0.05, 0) is 30.2 Å². The minimum Gasteiger partial charge on any atom is -0.478 e. The number of nitrogens with zero attached hydrogens (tertiary/aromatic N) is 3. The van der Waals surface area contributed by atoms with Crippen molar-refractivity contribution >= 4 is 17.7 Å². The van der Waals surface area contributed by atoms with Gasteiger partial charge < -0.3 is 14.1 Å². The molecule has 0 fully saturated rings. The zero-order chi connectivity index (χ0) is 23.8. The molecule has 0 aliphatic heterocycles. The Kier molecular flexibility index (Phi) is 7.93. The fourth-order valence-corrected chi connectivity index (χ4v) is 3.95. The van der Waals surface area contributed by atoms with E-state index in [1.807, 2.05) is 60.7 Å². The zero-order valence-corrected chi connectivity index (χ0v) is 19.5. The molecule has 3 aromatic carbocycles. The quantitative estimate of drug-likeness (QED) is 0.274. The van der Waals surface area contributed by atoms with E-state index in [1.54, 1.807) is 24.0 Å². The van der Waals surface area contributed by atoms with Crippen LogP contribution in [0.5, 0.6) is 5.75 Å². The number of para-hydroxylation sites is 1. The number of rotatable bonds is 10. The number of ether oxygens (including phenoxy) is 1. The number of carbonyl (C=O) groups excluding carboxylic acids is 1. The zero-order valence-electron chi connectivity index (χ0n) is 18.6. The van der Waals surface area contributed by atoms with Crippen molar-refractivity contribution in [2.24, 2.45) is 0 Å². The van der Waals surface area contributed by atoms with Gasteiger partial charge in [-0.25, -0.2) is 4.39 Å². The number of benzene rings is 3. The van der Waals surface area contributed by atoms with Crippen LogP contribution in [0.25, 0.3) is 0 Å². The second kappa shape index (κ2) is 11.5. The molecule has 8 heteroatoms. The highest BCUT2D eigenvalue weighted by atomic mass is 32.2. The van der Waals surface area contributed by atoms with Crippen molar-refractivity contribution in [1.82, 2.24) is 15.1 Å². The monoisotopic (exact) mass is 477 g/mol. The number of hydrogen-bond donors (Lipinski definition) is 0. The molecule has 1 atom stereocenters. The Balaban J connectivity index is 1.38. The second-order valence-electron chi connectivity index (χ2n) is 7.61. The number of thioether (sulfide) groups is 1. The lowest BCUT2D eigenvalue weighted by molar-refractivity contribution is -0.129. The summed E-state index contributed by atoms with van der Waals surface area (Å²) in [5, 5.41) is 8.25. The van der Waals surface area contributed by atoms with Crippen LogP contribution in [0, 0.1) is 5.82 Å². The summed E-state index contributed by atoms with van der Waals surface area (Å²) in [6.07, 6.45) is -0.637. The third-order valence-electron chi connectivity index (χ3n) is 5.01. The molecular weight excluding hydrogens is 453 g/mol. The first-order chi connectivity index (χ1) is 16.6. The maximum Gasteiger partial charge on any atom is 0.277 e. The van der Waals surface area contributed by atoms with Crippen LogP contribution in [0.3, 0.4) is 0 Å². The molecule has 6 nitrogen and oxygen atoms in total. The molecule has 0 saturated heterocycles. The van der Waals surface area contributed by atoms with E-state index in [1.165, 1.54) is 12.1 Å². The van der Waals surface area contributed by atoms with Crippen LogP contribution in [-0.2, 0) is 17.9 Å². The van der Waals surface area contributed by atoms with Crippen molar-refractivity contribution in [1.29, 1.82) is 0 Å². The van der Waals surface area contributed by atoms with Crippen molar-refractivity contribution in [2.45, 2.75) is 31.3 Å². The Morgan fingerprint density at radius 1 is 0.941 bits per heavy atom. The molecule has 34 heavy (non-hydrogen) atoms. The van der Waals surface area contributed by atoms with Crippen molar-refractivity contribution < 1.29 is 18.3 Å². The van der Waals surface area contributed by atoms with E-state index in [2.05, 4.69) is 10.2 Å². The maximum atomic E-state index is 13.8. The summed E-state index contributed by atoms with van der Waals surface area (Å²) in [5.41, 5.74) is 2.10.